The highest BCUT2D eigenvalue weighted by molar-refractivity contribution is 5.67. The molecule has 0 saturated carbocycles. The normalized spacial score (nSPS) is 11.6. The molecule has 134 valence electrons. The molecular weight excluding hydrogens is 316 g/mol. The molecule has 0 fully saturated rings. The van der Waals surface area contributed by atoms with E-state index in [0.29, 0.717) is 18.8 Å². The van der Waals surface area contributed by atoms with Crippen LogP contribution in [0.4, 0.5) is 10.5 Å². The van der Waals surface area contributed by atoms with Crippen molar-refractivity contribution in [1.82, 2.24) is 4.90 Å². The molecule has 5 heteroatoms. The Morgan fingerprint density at radius 2 is 1.80 bits per heavy atom. The fourth-order valence-electron chi connectivity index (χ4n) is 2.36. The van der Waals surface area contributed by atoms with Gasteiger partial charge in [0.1, 0.15) is 12.4 Å². The van der Waals surface area contributed by atoms with Crippen molar-refractivity contribution in [1.29, 1.82) is 0 Å². The van der Waals surface area contributed by atoms with Crippen molar-refractivity contribution in [2.24, 2.45) is 0 Å². The lowest BCUT2D eigenvalue weighted by Crippen LogP contribution is -2.34. The maximum Gasteiger partial charge on any atom is 0.410 e. The molecule has 0 aliphatic heterocycles. The van der Waals surface area contributed by atoms with E-state index in [-0.39, 0.29) is 18.8 Å². The molecule has 2 aromatic carbocycles. The van der Waals surface area contributed by atoms with Crippen LogP contribution in [0.3, 0.4) is 0 Å². The van der Waals surface area contributed by atoms with Crippen LogP contribution in [-0.2, 0) is 11.3 Å². The Kier molecular flexibility index (Phi) is 7.14. The highest BCUT2D eigenvalue weighted by Crippen LogP contribution is 2.16. The second-order valence-electron chi connectivity index (χ2n) is 5.91. The van der Waals surface area contributed by atoms with Crippen LogP contribution in [-0.4, -0.2) is 30.2 Å². The number of carbonyl (C=O) groups excluding carboxylic acids is 1. The zero-order valence-electron chi connectivity index (χ0n) is 14.9. The minimum Gasteiger partial charge on any atom is -0.491 e. The van der Waals surface area contributed by atoms with Crippen molar-refractivity contribution < 1.29 is 14.3 Å². The summed E-state index contributed by atoms with van der Waals surface area (Å²) in [5.74, 6) is 0.774. The first kappa shape index (κ1) is 18.6. The molecule has 2 rings (SSSR count). The Morgan fingerprint density at radius 1 is 1.12 bits per heavy atom. The quantitative estimate of drug-likeness (QED) is 0.734. The molecule has 1 unspecified atom stereocenters. The van der Waals surface area contributed by atoms with E-state index in [1.807, 2.05) is 56.3 Å². The van der Waals surface area contributed by atoms with Gasteiger partial charge in [-0.15, -0.1) is 0 Å². The fraction of sp³-hybridized carbons (Fsp3) is 0.350. The number of ether oxygens (including phenoxy) is 2. The second-order valence-corrected chi connectivity index (χ2v) is 5.91. The summed E-state index contributed by atoms with van der Waals surface area (Å²) in [5, 5.41) is 0. The van der Waals surface area contributed by atoms with E-state index >= 15 is 0 Å². The predicted molar refractivity (Wildman–Crippen MR) is 99.4 cm³/mol. The lowest BCUT2D eigenvalue weighted by Gasteiger charge is -2.23. The summed E-state index contributed by atoms with van der Waals surface area (Å²) in [4.78, 5) is 13.9. The van der Waals surface area contributed by atoms with Gasteiger partial charge in [-0.25, -0.2) is 4.79 Å². The number of nitrogens with two attached hydrogens (primary N) is 1. The lowest BCUT2D eigenvalue weighted by atomic mass is 10.2. The minimum absolute atomic E-state index is 0.0143. The largest absolute Gasteiger partial charge is 0.491 e. The van der Waals surface area contributed by atoms with Gasteiger partial charge in [-0.05, 0) is 43.7 Å². The van der Waals surface area contributed by atoms with E-state index in [9.17, 15) is 4.79 Å². The zero-order chi connectivity index (χ0) is 18.1. The number of nitrogen functional groups attached to an aromatic ring is 1. The number of amides is 1. The van der Waals surface area contributed by atoms with Gasteiger partial charge >= 0.3 is 6.09 Å². The van der Waals surface area contributed by atoms with Crippen LogP contribution in [0, 0.1) is 0 Å². The van der Waals surface area contributed by atoms with Crippen molar-refractivity contribution in [2.75, 3.05) is 18.8 Å². The first-order chi connectivity index (χ1) is 12.1. The number of hydrogen-bond donors (Lipinski definition) is 1. The van der Waals surface area contributed by atoms with Crippen molar-refractivity contribution in [3.63, 3.8) is 0 Å². The molecule has 2 N–H and O–H groups in total. The van der Waals surface area contributed by atoms with Crippen LogP contribution >= 0.6 is 0 Å². The van der Waals surface area contributed by atoms with Crippen LogP contribution in [0.1, 0.15) is 25.8 Å². The van der Waals surface area contributed by atoms with Crippen LogP contribution in [0.15, 0.2) is 54.6 Å². The third-order valence-corrected chi connectivity index (χ3v) is 3.87. The van der Waals surface area contributed by atoms with Crippen LogP contribution in [0.2, 0.25) is 0 Å². The Hall–Kier alpha value is -2.69. The summed E-state index contributed by atoms with van der Waals surface area (Å²) in [6.45, 7) is 5.39. The van der Waals surface area contributed by atoms with E-state index in [0.717, 1.165) is 17.7 Å². The third kappa shape index (κ3) is 6.37. The summed E-state index contributed by atoms with van der Waals surface area (Å²) >= 11 is 0. The lowest BCUT2D eigenvalue weighted by molar-refractivity contribution is 0.0923. The number of anilines is 1. The van der Waals surface area contributed by atoms with Gasteiger partial charge in [0.25, 0.3) is 0 Å². The van der Waals surface area contributed by atoms with E-state index in [1.54, 1.807) is 17.0 Å². The molecule has 1 atom stereocenters. The van der Waals surface area contributed by atoms with Gasteiger partial charge in [-0.2, -0.15) is 0 Å². The summed E-state index contributed by atoms with van der Waals surface area (Å²) in [6.07, 6.45) is 0.407. The fourth-order valence-corrected chi connectivity index (χ4v) is 2.36. The SMILES string of the molecule is CCN(CCC(C)Oc1ccc(N)cc1)C(=O)OCc1ccccc1. The topological polar surface area (TPSA) is 64.8 Å². The first-order valence-corrected chi connectivity index (χ1v) is 8.56. The number of rotatable bonds is 8. The van der Waals surface area contributed by atoms with Crippen LogP contribution < -0.4 is 10.5 Å². The van der Waals surface area contributed by atoms with Gasteiger partial charge in [0.2, 0.25) is 0 Å². The van der Waals surface area contributed by atoms with Crippen molar-refractivity contribution in [3.8, 4) is 5.75 Å². The zero-order valence-corrected chi connectivity index (χ0v) is 14.9. The summed E-state index contributed by atoms with van der Waals surface area (Å²) < 4.78 is 11.2. The molecule has 0 bridgehead atoms. The Morgan fingerprint density at radius 3 is 2.44 bits per heavy atom. The molecule has 0 saturated heterocycles. The molecule has 25 heavy (non-hydrogen) atoms. The molecule has 1 amide bonds. The molecule has 0 radical (unpaired) electrons. The third-order valence-electron chi connectivity index (χ3n) is 3.87. The second kappa shape index (κ2) is 9.57. The van der Waals surface area contributed by atoms with Crippen molar-refractivity contribution in [2.45, 2.75) is 33.0 Å². The average molecular weight is 342 g/mol. The number of nitrogens with zero attached hydrogens (tertiary/aromatic N) is 1. The number of benzene rings is 2. The smallest absolute Gasteiger partial charge is 0.410 e. The highest BCUT2D eigenvalue weighted by Gasteiger charge is 2.15. The monoisotopic (exact) mass is 342 g/mol. The Bertz CT molecular complexity index is 644. The predicted octanol–water partition coefficient (Wildman–Crippen LogP) is 4.08. The molecule has 0 aliphatic carbocycles. The molecule has 0 heterocycles. The van der Waals surface area contributed by atoms with Gasteiger partial charge in [0.05, 0.1) is 6.10 Å². The maximum atomic E-state index is 12.2. The van der Waals surface area contributed by atoms with Gasteiger partial charge in [0, 0.05) is 25.2 Å². The van der Waals surface area contributed by atoms with Crippen molar-refractivity contribution in [3.05, 3.63) is 60.2 Å². The summed E-state index contributed by atoms with van der Waals surface area (Å²) in [6, 6.07) is 17.0. The first-order valence-electron chi connectivity index (χ1n) is 8.56. The minimum atomic E-state index is -0.300. The molecule has 0 aliphatic rings. The Balaban J connectivity index is 1.76. The summed E-state index contributed by atoms with van der Waals surface area (Å²) in [5.41, 5.74) is 7.35. The maximum absolute atomic E-state index is 12.2. The van der Waals surface area contributed by atoms with E-state index in [4.69, 9.17) is 15.2 Å². The van der Waals surface area contributed by atoms with Crippen LogP contribution in [0.5, 0.6) is 5.75 Å². The number of carbonyl (C=O) groups is 1. The van der Waals surface area contributed by atoms with E-state index < -0.39 is 0 Å². The van der Waals surface area contributed by atoms with Gasteiger partial charge in [-0.1, -0.05) is 30.3 Å². The van der Waals surface area contributed by atoms with E-state index in [1.165, 1.54) is 0 Å². The van der Waals surface area contributed by atoms with Crippen molar-refractivity contribution >= 4 is 11.8 Å². The standard InChI is InChI=1S/C20H26N2O3/c1-3-22(20(23)24-15-17-7-5-4-6-8-17)14-13-16(2)25-19-11-9-18(21)10-12-19/h4-12,16H,3,13-15,21H2,1-2H3. The molecule has 0 spiro atoms. The average Bonchev–Trinajstić information content (AvgIpc) is 2.63. The molecule has 5 nitrogen and oxygen atoms in total. The van der Waals surface area contributed by atoms with Gasteiger partial charge in [0.15, 0.2) is 0 Å². The molecular formula is C20H26N2O3. The number of hydrogen-bond acceptors (Lipinski definition) is 4. The highest BCUT2D eigenvalue weighted by atomic mass is 16.6. The van der Waals surface area contributed by atoms with Crippen LogP contribution in [0.25, 0.3) is 0 Å². The molecule has 2 aromatic rings. The molecule has 0 aromatic heterocycles. The summed E-state index contributed by atoms with van der Waals surface area (Å²) in [7, 11) is 0. The van der Waals surface area contributed by atoms with Gasteiger partial charge < -0.3 is 20.1 Å². The van der Waals surface area contributed by atoms with Gasteiger partial charge in [-0.3, -0.25) is 0 Å². The van der Waals surface area contributed by atoms with E-state index in [2.05, 4.69) is 0 Å². The Labute approximate surface area is 149 Å².